The van der Waals surface area contributed by atoms with Gasteiger partial charge < -0.3 is 4.74 Å². The van der Waals surface area contributed by atoms with Gasteiger partial charge in [-0.15, -0.1) is 0 Å². The maximum atomic E-state index is 12.9. The molecule has 2 atom stereocenters. The third-order valence-corrected chi connectivity index (χ3v) is 2.26. The lowest BCUT2D eigenvalue weighted by Crippen LogP contribution is -2.30. The number of ether oxygens (including phenoxy) is 1. The van der Waals surface area contributed by atoms with E-state index in [2.05, 4.69) is 0 Å². The zero-order chi connectivity index (χ0) is 9.14. The van der Waals surface area contributed by atoms with E-state index in [-0.39, 0.29) is 12.1 Å². The topological polar surface area (TPSA) is 12.5 Å². The van der Waals surface area contributed by atoms with Gasteiger partial charge >= 0.3 is 0 Å². The van der Waals surface area contributed by atoms with Crippen LogP contribution in [-0.4, -0.2) is 43.4 Å². The van der Waals surface area contributed by atoms with Gasteiger partial charge in [-0.25, -0.2) is 4.39 Å². The number of likely N-dealkylation sites (tertiary alicyclic amines) is 1. The molecule has 72 valence electrons. The highest BCUT2D eigenvalue weighted by Crippen LogP contribution is 2.18. The SMILES string of the molecule is CC(C)OC[C@@H]1C[C@H](F)CN1C. The third-order valence-electron chi connectivity index (χ3n) is 2.26. The highest BCUT2D eigenvalue weighted by molar-refractivity contribution is 4.82. The van der Waals surface area contributed by atoms with Gasteiger partial charge in [0.2, 0.25) is 0 Å². The standard InChI is InChI=1S/C9H18FNO/c1-7(2)12-6-9-4-8(10)5-11(9)3/h7-9H,4-6H2,1-3H3/t8-,9-/m0/s1. The number of hydrogen-bond donors (Lipinski definition) is 0. The minimum atomic E-state index is -0.657. The van der Waals surface area contributed by atoms with Crippen molar-refractivity contribution in [3.8, 4) is 0 Å². The van der Waals surface area contributed by atoms with E-state index in [1.807, 2.05) is 25.8 Å². The lowest BCUT2D eigenvalue weighted by atomic mass is 10.2. The summed E-state index contributed by atoms with van der Waals surface area (Å²) in [5, 5.41) is 0. The fourth-order valence-corrected chi connectivity index (χ4v) is 1.51. The van der Waals surface area contributed by atoms with Crippen LogP contribution in [0.4, 0.5) is 4.39 Å². The maximum Gasteiger partial charge on any atom is 0.114 e. The number of likely N-dealkylation sites (N-methyl/N-ethyl adjacent to an activating group) is 1. The molecule has 1 heterocycles. The van der Waals surface area contributed by atoms with Gasteiger partial charge in [-0.1, -0.05) is 0 Å². The molecule has 0 spiro atoms. The zero-order valence-electron chi connectivity index (χ0n) is 8.09. The Morgan fingerprint density at radius 2 is 2.25 bits per heavy atom. The first-order valence-corrected chi connectivity index (χ1v) is 4.55. The lowest BCUT2D eigenvalue weighted by molar-refractivity contribution is 0.0431. The molecule has 0 N–H and O–H groups in total. The summed E-state index contributed by atoms with van der Waals surface area (Å²) in [5.74, 6) is 0. The number of rotatable bonds is 3. The van der Waals surface area contributed by atoms with Crippen LogP contribution in [0.25, 0.3) is 0 Å². The van der Waals surface area contributed by atoms with E-state index in [9.17, 15) is 4.39 Å². The number of nitrogens with zero attached hydrogens (tertiary/aromatic N) is 1. The normalized spacial score (nSPS) is 31.8. The summed E-state index contributed by atoms with van der Waals surface area (Å²) in [6.45, 7) is 5.23. The molecule has 0 aromatic heterocycles. The van der Waals surface area contributed by atoms with E-state index in [0.29, 0.717) is 19.6 Å². The van der Waals surface area contributed by atoms with E-state index in [0.717, 1.165) is 0 Å². The average molecular weight is 175 g/mol. The molecule has 0 aromatic rings. The van der Waals surface area contributed by atoms with Crippen molar-refractivity contribution in [3.63, 3.8) is 0 Å². The van der Waals surface area contributed by atoms with Crippen LogP contribution < -0.4 is 0 Å². The smallest absolute Gasteiger partial charge is 0.114 e. The average Bonchev–Trinajstić information content (AvgIpc) is 2.26. The fourth-order valence-electron chi connectivity index (χ4n) is 1.51. The second kappa shape index (κ2) is 4.19. The van der Waals surface area contributed by atoms with Crippen LogP contribution in [0.2, 0.25) is 0 Å². The van der Waals surface area contributed by atoms with Gasteiger partial charge in [0.1, 0.15) is 6.17 Å². The van der Waals surface area contributed by atoms with E-state index < -0.39 is 6.17 Å². The Kier molecular flexibility index (Phi) is 3.47. The Morgan fingerprint density at radius 1 is 1.58 bits per heavy atom. The van der Waals surface area contributed by atoms with Crippen molar-refractivity contribution in [1.82, 2.24) is 4.90 Å². The summed E-state index contributed by atoms with van der Waals surface area (Å²) in [6, 6.07) is 0.280. The van der Waals surface area contributed by atoms with Crippen molar-refractivity contribution in [3.05, 3.63) is 0 Å². The molecule has 1 rings (SSSR count). The Labute approximate surface area is 73.7 Å². The molecule has 3 heteroatoms. The van der Waals surface area contributed by atoms with Gasteiger partial charge in [-0.2, -0.15) is 0 Å². The van der Waals surface area contributed by atoms with Crippen LogP contribution >= 0.6 is 0 Å². The maximum absolute atomic E-state index is 12.9. The Balaban J connectivity index is 2.23. The summed E-state index contributed by atoms with van der Waals surface area (Å²) < 4.78 is 18.3. The first-order valence-electron chi connectivity index (χ1n) is 4.55. The number of hydrogen-bond acceptors (Lipinski definition) is 2. The molecule has 0 unspecified atom stereocenters. The first-order chi connectivity index (χ1) is 5.59. The van der Waals surface area contributed by atoms with Gasteiger partial charge in [0.05, 0.1) is 12.7 Å². The van der Waals surface area contributed by atoms with Crippen LogP contribution in [0.3, 0.4) is 0 Å². The van der Waals surface area contributed by atoms with Gasteiger partial charge in [0.15, 0.2) is 0 Å². The molecule has 0 bridgehead atoms. The van der Waals surface area contributed by atoms with Crippen molar-refractivity contribution < 1.29 is 9.13 Å². The summed E-state index contributed by atoms with van der Waals surface area (Å²) in [4.78, 5) is 2.03. The predicted molar refractivity (Wildman–Crippen MR) is 47.0 cm³/mol. The molecule has 1 saturated heterocycles. The molecule has 1 aliphatic rings. The minimum Gasteiger partial charge on any atom is -0.377 e. The van der Waals surface area contributed by atoms with E-state index >= 15 is 0 Å². The van der Waals surface area contributed by atoms with Crippen molar-refractivity contribution >= 4 is 0 Å². The summed E-state index contributed by atoms with van der Waals surface area (Å²) in [5.41, 5.74) is 0. The zero-order valence-corrected chi connectivity index (χ0v) is 8.09. The molecular formula is C9H18FNO. The summed E-state index contributed by atoms with van der Waals surface area (Å²) in [7, 11) is 1.95. The highest BCUT2D eigenvalue weighted by atomic mass is 19.1. The number of alkyl halides is 1. The molecule has 1 aliphatic heterocycles. The fraction of sp³-hybridized carbons (Fsp3) is 1.00. The predicted octanol–water partition coefficient (Wildman–Crippen LogP) is 1.45. The molecule has 0 aliphatic carbocycles. The minimum absolute atomic E-state index is 0.247. The van der Waals surface area contributed by atoms with Crippen molar-refractivity contribution in [2.75, 3.05) is 20.2 Å². The van der Waals surface area contributed by atoms with E-state index in [4.69, 9.17) is 4.74 Å². The van der Waals surface area contributed by atoms with Crippen molar-refractivity contribution in [2.45, 2.75) is 38.6 Å². The largest absolute Gasteiger partial charge is 0.377 e. The van der Waals surface area contributed by atoms with Crippen LogP contribution in [0, 0.1) is 0 Å². The Hall–Kier alpha value is -0.150. The van der Waals surface area contributed by atoms with Gasteiger partial charge in [-0.3, -0.25) is 4.90 Å². The molecule has 0 aromatic carbocycles. The first kappa shape index (κ1) is 9.93. The quantitative estimate of drug-likeness (QED) is 0.643. The Bertz CT molecular complexity index is 140. The van der Waals surface area contributed by atoms with Crippen LogP contribution in [0.5, 0.6) is 0 Å². The molecule has 0 radical (unpaired) electrons. The molecule has 12 heavy (non-hydrogen) atoms. The van der Waals surface area contributed by atoms with Crippen LogP contribution in [0.15, 0.2) is 0 Å². The highest BCUT2D eigenvalue weighted by Gasteiger charge is 2.29. The lowest BCUT2D eigenvalue weighted by Gasteiger charge is -2.19. The van der Waals surface area contributed by atoms with Crippen molar-refractivity contribution in [2.24, 2.45) is 0 Å². The van der Waals surface area contributed by atoms with Crippen LogP contribution in [-0.2, 0) is 4.74 Å². The molecule has 2 nitrogen and oxygen atoms in total. The van der Waals surface area contributed by atoms with Crippen LogP contribution in [0.1, 0.15) is 20.3 Å². The molecule has 0 saturated carbocycles. The molecular weight excluding hydrogens is 157 g/mol. The number of halogens is 1. The second-order valence-electron chi connectivity index (χ2n) is 3.81. The summed E-state index contributed by atoms with van der Waals surface area (Å²) >= 11 is 0. The second-order valence-corrected chi connectivity index (χ2v) is 3.81. The monoisotopic (exact) mass is 175 g/mol. The van der Waals surface area contributed by atoms with E-state index in [1.165, 1.54) is 0 Å². The molecule has 1 fully saturated rings. The van der Waals surface area contributed by atoms with Crippen molar-refractivity contribution in [1.29, 1.82) is 0 Å². The van der Waals surface area contributed by atoms with E-state index in [1.54, 1.807) is 0 Å². The molecule has 0 amide bonds. The van der Waals surface area contributed by atoms with Gasteiger partial charge in [0.25, 0.3) is 0 Å². The van der Waals surface area contributed by atoms with Gasteiger partial charge in [-0.05, 0) is 27.3 Å². The third kappa shape index (κ3) is 2.72. The Morgan fingerprint density at radius 3 is 2.67 bits per heavy atom. The summed E-state index contributed by atoms with van der Waals surface area (Å²) in [6.07, 6.45) is 0.219. The van der Waals surface area contributed by atoms with Gasteiger partial charge in [0, 0.05) is 12.6 Å².